The quantitative estimate of drug-likeness (QED) is 0.635. The third-order valence-electron chi connectivity index (χ3n) is 1.76. The van der Waals surface area contributed by atoms with Crippen LogP contribution in [0.2, 0.25) is 0 Å². The van der Waals surface area contributed by atoms with Crippen molar-refractivity contribution >= 4 is 15.8 Å². The van der Waals surface area contributed by atoms with Crippen molar-refractivity contribution in [3.63, 3.8) is 0 Å². The summed E-state index contributed by atoms with van der Waals surface area (Å²) in [5, 5.41) is 0. The molecule has 5 heteroatoms. The standard InChI is InChI=1S/C8H16O4S/c1-5-13(10,11)6-8(2,3)7(9)12-4/h5-6H2,1-4H3. The van der Waals surface area contributed by atoms with Crippen LogP contribution in [0.3, 0.4) is 0 Å². The highest BCUT2D eigenvalue weighted by atomic mass is 32.2. The van der Waals surface area contributed by atoms with Crippen molar-refractivity contribution in [3.8, 4) is 0 Å². The smallest absolute Gasteiger partial charge is 0.312 e. The minimum atomic E-state index is -3.13. The molecule has 0 N–H and O–H groups in total. The Morgan fingerprint density at radius 1 is 1.38 bits per heavy atom. The highest BCUT2D eigenvalue weighted by Gasteiger charge is 2.33. The Bertz CT molecular complexity index is 277. The Labute approximate surface area is 79.2 Å². The summed E-state index contributed by atoms with van der Waals surface area (Å²) < 4.78 is 27.0. The first-order chi connectivity index (χ1) is 5.75. The van der Waals surface area contributed by atoms with Crippen LogP contribution in [0.5, 0.6) is 0 Å². The van der Waals surface area contributed by atoms with Gasteiger partial charge in [-0.2, -0.15) is 0 Å². The van der Waals surface area contributed by atoms with Crippen molar-refractivity contribution in [2.24, 2.45) is 5.41 Å². The van der Waals surface area contributed by atoms with Gasteiger partial charge in [0.15, 0.2) is 9.84 Å². The van der Waals surface area contributed by atoms with E-state index in [1.54, 1.807) is 20.8 Å². The largest absolute Gasteiger partial charge is 0.469 e. The van der Waals surface area contributed by atoms with Gasteiger partial charge in [-0.3, -0.25) is 4.79 Å². The number of hydrogen-bond acceptors (Lipinski definition) is 4. The molecule has 0 aromatic heterocycles. The number of sulfone groups is 1. The van der Waals surface area contributed by atoms with Crippen LogP contribution >= 0.6 is 0 Å². The second-order valence-electron chi connectivity index (χ2n) is 3.55. The van der Waals surface area contributed by atoms with Crippen LogP contribution in [0.1, 0.15) is 20.8 Å². The topological polar surface area (TPSA) is 60.4 Å². The summed E-state index contributed by atoms with van der Waals surface area (Å²) in [6, 6.07) is 0. The summed E-state index contributed by atoms with van der Waals surface area (Å²) in [5.41, 5.74) is -0.955. The van der Waals surface area contributed by atoms with Gasteiger partial charge >= 0.3 is 5.97 Å². The maximum Gasteiger partial charge on any atom is 0.312 e. The molecule has 0 aromatic rings. The average Bonchev–Trinajstić information content (AvgIpc) is 2.01. The molecule has 0 fully saturated rings. The van der Waals surface area contributed by atoms with Gasteiger partial charge in [0.05, 0.1) is 18.3 Å². The van der Waals surface area contributed by atoms with E-state index in [2.05, 4.69) is 4.74 Å². The molecule has 0 rings (SSSR count). The van der Waals surface area contributed by atoms with E-state index in [9.17, 15) is 13.2 Å². The highest BCUT2D eigenvalue weighted by molar-refractivity contribution is 7.91. The molecule has 0 heterocycles. The number of ether oxygens (including phenoxy) is 1. The molecule has 13 heavy (non-hydrogen) atoms. The fourth-order valence-electron chi connectivity index (χ4n) is 0.987. The van der Waals surface area contributed by atoms with Crippen LogP contribution in [0.25, 0.3) is 0 Å². The van der Waals surface area contributed by atoms with E-state index in [0.29, 0.717) is 0 Å². The maximum atomic E-state index is 11.2. The van der Waals surface area contributed by atoms with Crippen molar-refractivity contribution in [1.29, 1.82) is 0 Å². The fraction of sp³-hybridized carbons (Fsp3) is 0.875. The van der Waals surface area contributed by atoms with E-state index in [4.69, 9.17) is 0 Å². The Hall–Kier alpha value is -0.580. The minimum Gasteiger partial charge on any atom is -0.469 e. The number of carbonyl (C=O) groups is 1. The van der Waals surface area contributed by atoms with Gasteiger partial charge < -0.3 is 4.74 Å². The lowest BCUT2D eigenvalue weighted by Gasteiger charge is -2.20. The first-order valence-electron chi connectivity index (χ1n) is 4.04. The zero-order valence-electron chi connectivity index (χ0n) is 8.46. The fourth-order valence-corrected chi connectivity index (χ4v) is 2.41. The van der Waals surface area contributed by atoms with Crippen LogP contribution < -0.4 is 0 Å². The Morgan fingerprint density at radius 3 is 2.15 bits per heavy atom. The second kappa shape index (κ2) is 4.09. The van der Waals surface area contributed by atoms with Gasteiger partial charge in [0.25, 0.3) is 0 Å². The van der Waals surface area contributed by atoms with Gasteiger partial charge in [0, 0.05) is 5.75 Å². The van der Waals surface area contributed by atoms with Crippen molar-refractivity contribution in [3.05, 3.63) is 0 Å². The molecular formula is C8H16O4S. The Kier molecular flexibility index (Phi) is 3.90. The van der Waals surface area contributed by atoms with Crippen molar-refractivity contribution in [2.45, 2.75) is 20.8 Å². The van der Waals surface area contributed by atoms with Gasteiger partial charge in [0.2, 0.25) is 0 Å². The lowest BCUT2D eigenvalue weighted by Crippen LogP contribution is -2.34. The molecule has 0 saturated carbocycles. The van der Waals surface area contributed by atoms with E-state index in [0.717, 1.165) is 0 Å². The Morgan fingerprint density at radius 2 is 1.85 bits per heavy atom. The third kappa shape index (κ3) is 3.76. The third-order valence-corrected chi connectivity index (χ3v) is 3.80. The van der Waals surface area contributed by atoms with Crippen LogP contribution in [-0.4, -0.2) is 33.0 Å². The van der Waals surface area contributed by atoms with Crippen LogP contribution in [0.4, 0.5) is 0 Å². The summed E-state index contributed by atoms with van der Waals surface area (Å²) in [7, 11) is -1.88. The SMILES string of the molecule is CCS(=O)(=O)CC(C)(C)C(=O)OC. The van der Waals surface area contributed by atoms with Gasteiger partial charge in [-0.25, -0.2) is 8.42 Å². The number of hydrogen-bond donors (Lipinski definition) is 0. The monoisotopic (exact) mass is 208 g/mol. The summed E-state index contributed by atoms with van der Waals surface area (Å²) in [6.07, 6.45) is 0. The number of esters is 1. The highest BCUT2D eigenvalue weighted by Crippen LogP contribution is 2.19. The van der Waals surface area contributed by atoms with Gasteiger partial charge in [-0.15, -0.1) is 0 Å². The molecule has 0 spiro atoms. The van der Waals surface area contributed by atoms with Crippen molar-refractivity contribution < 1.29 is 17.9 Å². The lowest BCUT2D eigenvalue weighted by molar-refractivity contribution is -0.149. The molecule has 0 aliphatic rings. The summed E-state index contributed by atoms with van der Waals surface area (Å²) >= 11 is 0. The van der Waals surface area contributed by atoms with E-state index < -0.39 is 21.2 Å². The predicted octanol–water partition coefficient (Wildman–Crippen LogP) is 0.620. The average molecular weight is 208 g/mol. The molecule has 0 aliphatic carbocycles. The van der Waals surface area contributed by atoms with Crippen LogP contribution in [0.15, 0.2) is 0 Å². The normalized spacial score (nSPS) is 12.6. The zero-order valence-corrected chi connectivity index (χ0v) is 9.27. The van der Waals surface area contributed by atoms with Gasteiger partial charge in [-0.05, 0) is 13.8 Å². The van der Waals surface area contributed by atoms with E-state index in [-0.39, 0.29) is 11.5 Å². The molecule has 0 aromatic carbocycles. The van der Waals surface area contributed by atoms with Gasteiger partial charge in [0.1, 0.15) is 0 Å². The summed E-state index contributed by atoms with van der Waals surface area (Å²) in [6.45, 7) is 4.68. The molecule has 0 bridgehead atoms. The molecule has 0 amide bonds. The van der Waals surface area contributed by atoms with E-state index in [1.807, 2.05) is 0 Å². The first-order valence-corrected chi connectivity index (χ1v) is 5.86. The van der Waals surface area contributed by atoms with E-state index >= 15 is 0 Å². The molecule has 78 valence electrons. The van der Waals surface area contributed by atoms with E-state index in [1.165, 1.54) is 7.11 Å². The first kappa shape index (κ1) is 12.4. The molecule has 0 saturated heterocycles. The summed E-state index contributed by atoms with van der Waals surface area (Å²) in [5.74, 6) is -0.610. The molecule has 0 radical (unpaired) electrons. The zero-order chi connectivity index (χ0) is 10.7. The number of methoxy groups -OCH3 is 1. The molecular weight excluding hydrogens is 192 g/mol. The maximum absolute atomic E-state index is 11.2. The van der Waals surface area contributed by atoms with Gasteiger partial charge in [-0.1, -0.05) is 6.92 Å². The van der Waals surface area contributed by atoms with Crippen LogP contribution in [0, 0.1) is 5.41 Å². The molecule has 0 unspecified atom stereocenters. The lowest BCUT2D eigenvalue weighted by atomic mass is 9.97. The molecule has 4 nitrogen and oxygen atoms in total. The Balaban J connectivity index is 4.61. The molecule has 0 atom stereocenters. The molecule has 0 aliphatic heterocycles. The van der Waals surface area contributed by atoms with Crippen molar-refractivity contribution in [1.82, 2.24) is 0 Å². The van der Waals surface area contributed by atoms with Crippen molar-refractivity contribution in [2.75, 3.05) is 18.6 Å². The predicted molar refractivity (Wildman–Crippen MR) is 50.1 cm³/mol. The minimum absolute atomic E-state index is 0.0490. The number of carbonyl (C=O) groups excluding carboxylic acids is 1. The van der Waals surface area contributed by atoms with Crippen LogP contribution in [-0.2, 0) is 19.4 Å². The summed E-state index contributed by atoms with van der Waals surface area (Å²) in [4.78, 5) is 11.1. The number of rotatable bonds is 4. The second-order valence-corrected chi connectivity index (χ2v) is 5.91.